The van der Waals surface area contributed by atoms with Gasteiger partial charge in [-0.1, -0.05) is 0 Å². The molecular formula is C12H15BrN2O4. The molecule has 19 heavy (non-hydrogen) atoms. The van der Waals surface area contributed by atoms with Gasteiger partial charge in [0.15, 0.2) is 0 Å². The van der Waals surface area contributed by atoms with E-state index in [9.17, 15) is 9.59 Å². The number of nitrogens with one attached hydrogen (secondary N) is 1. The van der Waals surface area contributed by atoms with E-state index in [1.807, 2.05) is 10.8 Å². The molecule has 2 rings (SSSR count). The number of carbonyl (C=O) groups excluding carboxylic acids is 1. The zero-order chi connectivity index (χ0) is 14.0. The van der Waals surface area contributed by atoms with Gasteiger partial charge in [-0.2, -0.15) is 0 Å². The normalized spacial score (nSPS) is 16.1. The number of aliphatic hydroxyl groups excluding tert-OH is 1. The van der Waals surface area contributed by atoms with Crippen molar-refractivity contribution in [1.29, 1.82) is 0 Å². The van der Waals surface area contributed by atoms with Crippen LogP contribution in [0.4, 0.5) is 0 Å². The van der Waals surface area contributed by atoms with Crippen molar-refractivity contribution in [2.24, 2.45) is 0 Å². The summed E-state index contributed by atoms with van der Waals surface area (Å²) in [6.07, 6.45) is 3.88. The molecule has 1 saturated carbocycles. The fourth-order valence-corrected chi connectivity index (χ4v) is 2.34. The largest absolute Gasteiger partial charge is 0.480 e. The maximum atomic E-state index is 12.1. The average Bonchev–Trinajstić information content (AvgIpc) is 3.11. The monoisotopic (exact) mass is 330 g/mol. The Kier molecular flexibility index (Phi) is 4.26. The first kappa shape index (κ1) is 14.1. The minimum absolute atomic E-state index is 0.00756. The molecule has 1 unspecified atom stereocenters. The fourth-order valence-electron chi connectivity index (χ4n) is 1.90. The Hall–Kier alpha value is -1.34. The Balaban J connectivity index is 2.12. The minimum Gasteiger partial charge on any atom is -0.480 e. The molecule has 0 spiro atoms. The molecule has 0 bridgehead atoms. The number of hydrogen-bond donors (Lipinski definition) is 3. The van der Waals surface area contributed by atoms with E-state index in [1.54, 1.807) is 6.07 Å². The number of aliphatic hydroxyl groups is 1. The lowest BCUT2D eigenvalue weighted by molar-refractivity contribution is -0.139. The number of hydrogen-bond acceptors (Lipinski definition) is 3. The van der Waals surface area contributed by atoms with Gasteiger partial charge >= 0.3 is 5.97 Å². The predicted molar refractivity (Wildman–Crippen MR) is 71.0 cm³/mol. The Morgan fingerprint density at radius 3 is 2.74 bits per heavy atom. The van der Waals surface area contributed by atoms with Crippen LogP contribution in [0, 0.1) is 0 Å². The zero-order valence-corrected chi connectivity index (χ0v) is 11.8. The predicted octanol–water partition coefficient (Wildman–Crippen LogP) is 1.15. The second kappa shape index (κ2) is 5.75. The second-order valence-electron chi connectivity index (χ2n) is 4.56. The van der Waals surface area contributed by atoms with Gasteiger partial charge in [-0.15, -0.1) is 0 Å². The number of amides is 1. The molecular weight excluding hydrogens is 316 g/mol. The average molecular weight is 331 g/mol. The minimum atomic E-state index is -1.15. The number of aliphatic carboxylic acids is 1. The highest BCUT2D eigenvalue weighted by atomic mass is 79.9. The van der Waals surface area contributed by atoms with Crippen molar-refractivity contribution in [3.63, 3.8) is 0 Å². The summed E-state index contributed by atoms with van der Waals surface area (Å²) < 4.78 is 2.65. The molecule has 7 heteroatoms. The molecule has 6 nitrogen and oxygen atoms in total. The molecule has 1 fully saturated rings. The van der Waals surface area contributed by atoms with E-state index in [4.69, 9.17) is 10.2 Å². The van der Waals surface area contributed by atoms with Gasteiger partial charge in [-0.3, -0.25) is 4.79 Å². The van der Waals surface area contributed by atoms with Crippen LogP contribution in [0.5, 0.6) is 0 Å². The molecule has 3 N–H and O–H groups in total. The van der Waals surface area contributed by atoms with Gasteiger partial charge in [0.1, 0.15) is 11.7 Å². The maximum Gasteiger partial charge on any atom is 0.326 e. The summed E-state index contributed by atoms with van der Waals surface area (Å²) in [5, 5.41) is 20.2. The van der Waals surface area contributed by atoms with Crippen LogP contribution in [0.15, 0.2) is 16.7 Å². The molecule has 1 heterocycles. The highest BCUT2D eigenvalue weighted by Gasteiger charge is 2.29. The zero-order valence-electron chi connectivity index (χ0n) is 10.2. The smallest absolute Gasteiger partial charge is 0.326 e. The molecule has 0 saturated heterocycles. The van der Waals surface area contributed by atoms with E-state index >= 15 is 0 Å². The van der Waals surface area contributed by atoms with Crippen LogP contribution < -0.4 is 5.32 Å². The summed E-state index contributed by atoms with van der Waals surface area (Å²) in [4.78, 5) is 23.1. The number of halogens is 1. The van der Waals surface area contributed by atoms with Crippen molar-refractivity contribution in [2.45, 2.75) is 31.3 Å². The van der Waals surface area contributed by atoms with Gasteiger partial charge in [0, 0.05) is 29.7 Å². The van der Waals surface area contributed by atoms with Gasteiger partial charge in [-0.25, -0.2) is 4.79 Å². The Morgan fingerprint density at radius 2 is 2.21 bits per heavy atom. The Bertz CT molecular complexity index is 496. The van der Waals surface area contributed by atoms with E-state index < -0.39 is 17.9 Å². The topological polar surface area (TPSA) is 91.6 Å². The first-order chi connectivity index (χ1) is 9.02. The molecule has 1 aromatic heterocycles. The summed E-state index contributed by atoms with van der Waals surface area (Å²) in [5.41, 5.74) is 0.443. The van der Waals surface area contributed by atoms with Crippen LogP contribution in [-0.2, 0) is 4.79 Å². The van der Waals surface area contributed by atoms with Crippen LogP contribution in [0.3, 0.4) is 0 Å². The summed E-state index contributed by atoms with van der Waals surface area (Å²) in [6, 6.07) is 0.929. The lowest BCUT2D eigenvalue weighted by Crippen LogP contribution is -2.42. The Labute approximate surface area is 118 Å². The Morgan fingerprint density at radius 1 is 1.53 bits per heavy atom. The van der Waals surface area contributed by atoms with Crippen LogP contribution in [0.1, 0.15) is 35.8 Å². The third kappa shape index (κ3) is 3.36. The van der Waals surface area contributed by atoms with Crippen molar-refractivity contribution in [1.82, 2.24) is 9.88 Å². The maximum absolute atomic E-state index is 12.1. The second-order valence-corrected chi connectivity index (χ2v) is 5.47. The summed E-state index contributed by atoms with van der Waals surface area (Å²) >= 11 is 3.32. The summed E-state index contributed by atoms with van der Waals surface area (Å²) in [7, 11) is 0. The highest BCUT2D eigenvalue weighted by molar-refractivity contribution is 9.10. The third-order valence-electron chi connectivity index (χ3n) is 3.01. The van der Waals surface area contributed by atoms with Crippen molar-refractivity contribution in [3.8, 4) is 0 Å². The van der Waals surface area contributed by atoms with Gasteiger partial charge in [0.25, 0.3) is 5.91 Å². The standard InChI is InChI=1S/C12H15BrN2O4/c13-7-5-10(15(6-7)8-1-2-8)11(17)14-9(3-4-16)12(18)19/h5-6,8-9,16H,1-4H2,(H,14,17)(H,18,19). The van der Waals surface area contributed by atoms with Gasteiger partial charge < -0.3 is 20.1 Å². The molecule has 1 atom stereocenters. The van der Waals surface area contributed by atoms with E-state index in [0.29, 0.717) is 11.7 Å². The first-order valence-corrected chi connectivity index (χ1v) is 6.84. The van der Waals surface area contributed by atoms with Gasteiger partial charge in [-0.05, 0) is 34.8 Å². The van der Waals surface area contributed by atoms with Gasteiger partial charge in [0.2, 0.25) is 0 Å². The third-order valence-corrected chi connectivity index (χ3v) is 3.44. The molecule has 0 aromatic carbocycles. The number of aromatic nitrogens is 1. The summed E-state index contributed by atoms with van der Waals surface area (Å²) in [6.45, 7) is -0.287. The number of nitrogens with zero attached hydrogens (tertiary/aromatic N) is 1. The molecule has 0 aliphatic heterocycles. The molecule has 1 amide bonds. The number of carbonyl (C=O) groups is 2. The van der Waals surface area contributed by atoms with Crippen molar-refractivity contribution in [2.75, 3.05) is 6.61 Å². The summed E-state index contributed by atoms with van der Waals surface area (Å²) in [5.74, 6) is -1.58. The lowest BCUT2D eigenvalue weighted by atomic mass is 10.2. The number of rotatable bonds is 6. The van der Waals surface area contributed by atoms with E-state index in [0.717, 1.165) is 17.3 Å². The number of carboxylic acid groups (broad SMARTS) is 1. The van der Waals surface area contributed by atoms with E-state index in [-0.39, 0.29) is 13.0 Å². The van der Waals surface area contributed by atoms with Crippen LogP contribution in [0.25, 0.3) is 0 Å². The van der Waals surface area contributed by atoms with Gasteiger partial charge in [0.05, 0.1) is 0 Å². The molecule has 1 aliphatic rings. The van der Waals surface area contributed by atoms with E-state index in [2.05, 4.69) is 21.2 Å². The SMILES string of the molecule is O=C(NC(CCO)C(=O)O)c1cc(Br)cn1C1CC1. The van der Waals surface area contributed by atoms with Crippen LogP contribution >= 0.6 is 15.9 Å². The quantitative estimate of drug-likeness (QED) is 0.729. The highest BCUT2D eigenvalue weighted by Crippen LogP contribution is 2.37. The van der Waals surface area contributed by atoms with Crippen molar-refractivity contribution < 1.29 is 19.8 Å². The van der Waals surface area contributed by atoms with Crippen molar-refractivity contribution >= 4 is 27.8 Å². The molecule has 1 aromatic rings. The molecule has 104 valence electrons. The van der Waals surface area contributed by atoms with E-state index in [1.165, 1.54) is 0 Å². The first-order valence-electron chi connectivity index (χ1n) is 6.05. The van der Waals surface area contributed by atoms with Crippen molar-refractivity contribution in [3.05, 3.63) is 22.4 Å². The van der Waals surface area contributed by atoms with Crippen LogP contribution in [0.2, 0.25) is 0 Å². The number of carboxylic acids is 1. The molecule has 1 aliphatic carbocycles. The van der Waals surface area contributed by atoms with Crippen LogP contribution in [-0.4, -0.2) is 39.3 Å². The fraction of sp³-hybridized carbons (Fsp3) is 0.500. The lowest BCUT2D eigenvalue weighted by Gasteiger charge is -2.14. The molecule has 0 radical (unpaired) electrons.